The van der Waals surface area contributed by atoms with Gasteiger partial charge in [0.25, 0.3) is 5.91 Å². The summed E-state index contributed by atoms with van der Waals surface area (Å²) in [4.78, 5) is 20.2. The SMILES string of the molecule is Cc1ccc(-c2ncnc(N(N)c3ccc4c(c3)C(=O)NC4)c2O)cc1. The maximum atomic E-state index is 11.9. The average molecular weight is 347 g/mol. The van der Waals surface area contributed by atoms with Crippen molar-refractivity contribution >= 4 is 17.4 Å². The number of hydrogen-bond acceptors (Lipinski definition) is 6. The number of nitrogens with zero attached hydrogens (tertiary/aromatic N) is 3. The van der Waals surface area contributed by atoms with Crippen molar-refractivity contribution < 1.29 is 9.90 Å². The molecule has 0 bridgehead atoms. The van der Waals surface area contributed by atoms with Gasteiger partial charge < -0.3 is 10.4 Å². The summed E-state index contributed by atoms with van der Waals surface area (Å²) < 4.78 is 0. The predicted molar refractivity (Wildman–Crippen MR) is 97.8 cm³/mol. The number of carbonyl (C=O) groups excluding carboxylic acids is 1. The summed E-state index contributed by atoms with van der Waals surface area (Å²) in [5.74, 6) is 6.08. The number of benzene rings is 2. The van der Waals surface area contributed by atoms with Gasteiger partial charge in [-0.1, -0.05) is 35.9 Å². The molecule has 130 valence electrons. The fraction of sp³-hybridized carbons (Fsp3) is 0.105. The van der Waals surface area contributed by atoms with Crippen molar-refractivity contribution in [1.29, 1.82) is 0 Å². The summed E-state index contributed by atoms with van der Waals surface area (Å²) >= 11 is 0. The number of rotatable bonds is 3. The largest absolute Gasteiger partial charge is 0.503 e. The first-order chi connectivity index (χ1) is 12.5. The highest BCUT2D eigenvalue weighted by molar-refractivity contribution is 5.99. The van der Waals surface area contributed by atoms with Gasteiger partial charge in [-0.3, -0.25) is 9.80 Å². The van der Waals surface area contributed by atoms with Crippen molar-refractivity contribution in [3.05, 3.63) is 65.5 Å². The summed E-state index contributed by atoms with van der Waals surface area (Å²) in [7, 11) is 0. The van der Waals surface area contributed by atoms with Crippen molar-refractivity contribution in [2.75, 3.05) is 5.01 Å². The smallest absolute Gasteiger partial charge is 0.251 e. The Morgan fingerprint density at radius 1 is 1.15 bits per heavy atom. The van der Waals surface area contributed by atoms with E-state index in [9.17, 15) is 9.90 Å². The number of amides is 1. The Kier molecular flexibility index (Phi) is 3.78. The Balaban J connectivity index is 1.74. The van der Waals surface area contributed by atoms with Gasteiger partial charge in [0, 0.05) is 17.7 Å². The van der Waals surface area contributed by atoms with Crippen LogP contribution in [0.2, 0.25) is 0 Å². The summed E-state index contributed by atoms with van der Waals surface area (Å²) in [6.07, 6.45) is 1.35. The van der Waals surface area contributed by atoms with Gasteiger partial charge in [-0.2, -0.15) is 0 Å². The molecule has 0 fully saturated rings. The fourth-order valence-electron chi connectivity index (χ4n) is 2.94. The van der Waals surface area contributed by atoms with Crippen LogP contribution in [-0.4, -0.2) is 21.0 Å². The number of hydrazine groups is 1. The third-order valence-electron chi connectivity index (χ3n) is 4.41. The van der Waals surface area contributed by atoms with E-state index in [2.05, 4.69) is 15.3 Å². The van der Waals surface area contributed by atoms with Crippen LogP contribution in [0.25, 0.3) is 11.3 Å². The van der Waals surface area contributed by atoms with E-state index in [0.29, 0.717) is 23.5 Å². The van der Waals surface area contributed by atoms with E-state index in [1.807, 2.05) is 37.3 Å². The molecule has 4 rings (SSSR count). The maximum Gasteiger partial charge on any atom is 0.251 e. The van der Waals surface area contributed by atoms with Crippen LogP contribution in [0.1, 0.15) is 21.5 Å². The van der Waals surface area contributed by atoms with E-state index in [1.165, 1.54) is 11.3 Å². The zero-order valence-corrected chi connectivity index (χ0v) is 14.1. The molecule has 0 unspecified atom stereocenters. The Labute approximate surface area is 150 Å². The molecule has 0 saturated heterocycles. The molecule has 2 aromatic carbocycles. The first kappa shape index (κ1) is 16.0. The predicted octanol–water partition coefficient (Wildman–Crippen LogP) is 2.41. The molecule has 7 heteroatoms. The van der Waals surface area contributed by atoms with Crippen LogP contribution in [0.15, 0.2) is 48.8 Å². The van der Waals surface area contributed by atoms with E-state index in [-0.39, 0.29) is 17.5 Å². The number of fused-ring (bicyclic) bond motifs is 1. The summed E-state index contributed by atoms with van der Waals surface area (Å²) in [5, 5.41) is 14.7. The fourth-order valence-corrected chi connectivity index (χ4v) is 2.94. The number of hydrogen-bond donors (Lipinski definition) is 3. The lowest BCUT2D eigenvalue weighted by Gasteiger charge is -2.20. The van der Waals surface area contributed by atoms with Crippen LogP contribution in [0.3, 0.4) is 0 Å². The van der Waals surface area contributed by atoms with E-state index in [1.54, 1.807) is 12.1 Å². The van der Waals surface area contributed by atoms with E-state index in [4.69, 9.17) is 5.84 Å². The second kappa shape index (κ2) is 6.12. The van der Waals surface area contributed by atoms with Crippen LogP contribution >= 0.6 is 0 Å². The molecule has 0 aliphatic carbocycles. The zero-order valence-electron chi connectivity index (χ0n) is 14.1. The van der Waals surface area contributed by atoms with Gasteiger partial charge in [-0.05, 0) is 24.6 Å². The first-order valence-corrected chi connectivity index (χ1v) is 8.11. The van der Waals surface area contributed by atoms with Crippen molar-refractivity contribution in [3.63, 3.8) is 0 Å². The second-order valence-electron chi connectivity index (χ2n) is 6.15. The summed E-state index contributed by atoms with van der Waals surface area (Å²) in [6.45, 7) is 2.50. The lowest BCUT2D eigenvalue weighted by Crippen LogP contribution is -2.26. The highest BCUT2D eigenvalue weighted by atomic mass is 16.3. The second-order valence-corrected chi connectivity index (χ2v) is 6.15. The van der Waals surface area contributed by atoms with Crippen molar-refractivity contribution in [2.24, 2.45) is 5.84 Å². The van der Waals surface area contributed by atoms with Crippen molar-refractivity contribution in [2.45, 2.75) is 13.5 Å². The van der Waals surface area contributed by atoms with Crippen molar-refractivity contribution in [3.8, 4) is 17.0 Å². The molecule has 2 heterocycles. The minimum Gasteiger partial charge on any atom is -0.503 e. The number of anilines is 2. The number of nitrogens with two attached hydrogens (primary N) is 1. The monoisotopic (exact) mass is 347 g/mol. The minimum absolute atomic E-state index is 0.121. The number of aromatic hydroxyl groups is 1. The molecule has 0 saturated carbocycles. The molecule has 0 atom stereocenters. The molecule has 1 amide bonds. The lowest BCUT2D eigenvalue weighted by atomic mass is 10.1. The number of aryl methyl sites for hydroxylation is 1. The number of aromatic nitrogens is 2. The van der Waals surface area contributed by atoms with Crippen molar-refractivity contribution in [1.82, 2.24) is 15.3 Å². The Bertz CT molecular complexity index is 1000. The highest BCUT2D eigenvalue weighted by Crippen LogP contribution is 2.36. The van der Waals surface area contributed by atoms with Gasteiger partial charge in [0.2, 0.25) is 0 Å². The van der Waals surface area contributed by atoms with Crippen LogP contribution in [0, 0.1) is 6.92 Å². The zero-order chi connectivity index (χ0) is 18.3. The molecular weight excluding hydrogens is 330 g/mol. The van der Waals surface area contributed by atoms with Gasteiger partial charge in [0.15, 0.2) is 11.6 Å². The van der Waals surface area contributed by atoms with Crippen LogP contribution < -0.4 is 16.2 Å². The summed E-state index contributed by atoms with van der Waals surface area (Å²) in [6, 6.07) is 12.9. The van der Waals surface area contributed by atoms with E-state index >= 15 is 0 Å². The molecule has 1 aromatic heterocycles. The molecular formula is C19H17N5O2. The molecule has 7 nitrogen and oxygen atoms in total. The molecule has 0 spiro atoms. The first-order valence-electron chi connectivity index (χ1n) is 8.11. The van der Waals surface area contributed by atoms with Crippen LogP contribution in [-0.2, 0) is 6.54 Å². The Hall–Kier alpha value is -3.45. The van der Waals surface area contributed by atoms with E-state index < -0.39 is 0 Å². The minimum atomic E-state index is -0.137. The van der Waals surface area contributed by atoms with Gasteiger partial charge >= 0.3 is 0 Å². The Morgan fingerprint density at radius 2 is 1.92 bits per heavy atom. The lowest BCUT2D eigenvalue weighted by molar-refractivity contribution is 0.0966. The molecule has 1 aliphatic rings. The maximum absolute atomic E-state index is 11.9. The van der Waals surface area contributed by atoms with Crippen LogP contribution in [0.4, 0.5) is 11.5 Å². The normalized spacial score (nSPS) is 12.6. The Morgan fingerprint density at radius 3 is 2.69 bits per heavy atom. The quantitative estimate of drug-likeness (QED) is 0.496. The molecule has 0 radical (unpaired) electrons. The molecule has 3 aromatic rings. The molecule has 4 N–H and O–H groups in total. The van der Waals surface area contributed by atoms with Gasteiger partial charge in [-0.15, -0.1) is 0 Å². The van der Waals surface area contributed by atoms with E-state index in [0.717, 1.165) is 16.7 Å². The third kappa shape index (κ3) is 2.64. The van der Waals surface area contributed by atoms with Gasteiger partial charge in [0.1, 0.15) is 12.0 Å². The van der Waals surface area contributed by atoms with Gasteiger partial charge in [-0.25, -0.2) is 15.8 Å². The molecule has 1 aliphatic heterocycles. The number of nitrogens with one attached hydrogen (secondary N) is 1. The summed E-state index contributed by atoms with van der Waals surface area (Å²) in [5.41, 5.74) is 4.30. The average Bonchev–Trinajstić information content (AvgIpc) is 3.03. The highest BCUT2D eigenvalue weighted by Gasteiger charge is 2.22. The number of carbonyl (C=O) groups is 1. The van der Waals surface area contributed by atoms with Crippen LogP contribution in [0.5, 0.6) is 5.75 Å². The standard InChI is InChI=1S/C19H17N5O2/c1-11-2-4-12(5-3-11)16-17(25)18(23-10-22-16)24(20)14-7-6-13-9-21-19(26)15(13)8-14/h2-8,10,25H,9,20H2,1H3,(H,21,26). The van der Waals surface area contributed by atoms with Gasteiger partial charge in [0.05, 0.1) is 5.69 Å². The molecule has 26 heavy (non-hydrogen) atoms. The third-order valence-corrected chi connectivity index (χ3v) is 4.41. The topological polar surface area (TPSA) is 104 Å².